The summed E-state index contributed by atoms with van der Waals surface area (Å²) in [5.74, 6) is 1.31. The molecule has 3 aromatic rings. The Morgan fingerprint density at radius 2 is 2.11 bits per heavy atom. The lowest BCUT2D eigenvalue weighted by atomic mass is 10.0. The minimum absolute atomic E-state index is 0.00663. The molecule has 0 aromatic carbocycles. The van der Waals surface area contributed by atoms with E-state index < -0.39 is 0 Å². The molecule has 0 spiro atoms. The SMILES string of the molecule is Cc1nc(C)n(C[C@H](C)C(=O)N[C@@H](Cc2ccsc2)c2ncccc2C)n1. The second-order valence-electron chi connectivity index (χ2n) is 6.89. The summed E-state index contributed by atoms with van der Waals surface area (Å²) in [5, 5.41) is 11.7. The van der Waals surface area contributed by atoms with Gasteiger partial charge < -0.3 is 5.32 Å². The van der Waals surface area contributed by atoms with Crippen molar-refractivity contribution in [1.29, 1.82) is 0 Å². The molecule has 1 amide bonds. The van der Waals surface area contributed by atoms with Gasteiger partial charge in [-0.3, -0.25) is 9.78 Å². The summed E-state index contributed by atoms with van der Waals surface area (Å²) in [5.41, 5.74) is 3.19. The predicted octanol–water partition coefficient (Wildman–Crippen LogP) is 3.40. The Labute approximate surface area is 163 Å². The van der Waals surface area contributed by atoms with Crippen LogP contribution in [0.4, 0.5) is 0 Å². The van der Waals surface area contributed by atoms with Gasteiger partial charge in [-0.1, -0.05) is 13.0 Å². The Hall–Kier alpha value is -2.54. The van der Waals surface area contributed by atoms with E-state index in [0.717, 1.165) is 29.3 Å². The Morgan fingerprint density at radius 1 is 1.30 bits per heavy atom. The lowest BCUT2D eigenvalue weighted by Crippen LogP contribution is -2.36. The summed E-state index contributed by atoms with van der Waals surface area (Å²) < 4.78 is 1.79. The molecule has 6 nitrogen and oxygen atoms in total. The van der Waals surface area contributed by atoms with Crippen molar-refractivity contribution in [2.45, 2.75) is 46.7 Å². The molecule has 2 atom stereocenters. The van der Waals surface area contributed by atoms with E-state index in [4.69, 9.17) is 0 Å². The zero-order valence-electron chi connectivity index (χ0n) is 16.1. The van der Waals surface area contributed by atoms with Crippen LogP contribution >= 0.6 is 11.3 Å². The Bertz CT molecular complexity index is 903. The number of carbonyl (C=O) groups is 1. The fourth-order valence-corrected chi connectivity index (χ4v) is 3.80. The number of aromatic nitrogens is 4. The average Bonchev–Trinajstić information content (AvgIpc) is 3.24. The van der Waals surface area contributed by atoms with Crippen molar-refractivity contribution in [1.82, 2.24) is 25.1 Å². The predicted molar refractivity (Wildman–Crippen MR) is 107 cm³/mol. The number of hydrogen-bond acceptors (Lipinski definition) is 5. The van der Waals surface area contributed by atoms with Crippen molar-refractivity contribution in [3.8, 4) is 0 Å². The molecular formula is C20H25N5OS. The van der Waals surface area contributed by atoms with Gasteiger partial charge in [-0.2, -0.15) is 16.4 Å². The number of amides is 1. The minimum Gasteiger partial charge on any atom is -0.347 e. The molecule has 3 aromatic heterocycles. The van der Waals surface area contributed by atoms with Crippen LogP contribution in [0.2, 0.25) is 0 Å². The lowest BCUT2D eigenvalue weighted by Gasteiger charge is -2.22. The van der Waals surface area contributed by atoms with Crippen LogP contribution in [0.3, 0.4) is 0 Å². The van der Waals surface area contributed by atoms with Gasteiger partial charge in [-0.05, 0) is 61.2 Å². The molecule has 142 valence electrons. The standard InChI is InChI=1S/C20H25N5OS/c1-13-6-5-8-21-19(13)18(10-17-7-9-27-12-17)23-20(26)14(2)11-25-16(4)22-15(3)24-25/h5-9,12,14,18H,10-11H2,1-4H3,(H,23,26)/t14-,18-/m0/s1. The fraction of sp³-hybridized carbons (Fsp3) is 0.400. The molecule has 1 N–H and O–H groups in total. The van der Waals surface area contributed by atoms with Crippen LogP contribution in [-0.4, -0.2) is 25.7 Å². The molecule has 0 aliphatic rings. The van der Waals surface area contributed by atoms with Crippen LogP contribution in [0, 0.1) is 26.7 Å². The third-order valence-corrected chi connectivity index (χ3v) is 5.31. The van der Waals surface area contributed by atoms with E-state index in [1.807, 2.05) is 39.8 Å². The molecule has 3 rings (SSSR count). The van der Waals surface area contributed by atoms with E-state index in [0.29, 0.717) is 6.54 Å². The normalized spacial score (nSPS) is 13.3. The average molecular weight is 384 g/mol. The smallest absolute Gasteiger partial charge is 0.225 e. The number of thiophene rings is 1. The summed E-state index contributed by atoms with van der Waals surface area (Å²) in [4.78, 5) is 21.7. The topological polar surface area (TPSA) is 72.7 Å². The highest BCUT2D eigenvalue weighted by atomic mass is 32.1. The first-order chi connectivity index (χ1) is 12.9. The maximum absolute atomic E-state index is 12.9. The van der Waals surface area contributed by atoms with Gasteiger partial charge in [0.2, 0.25) is 5.91 Å². The number of hydrogen-bond donors (Lipinski definition) is 1. The number of nitrogens with one attached hydrogen (secondary N) is 1. The van der Waals surface area contributed by atoms with Gasteiger partial charge >= 0.3 is 0 Å². The third kappa shape index (κ3) is 4.80. The Balaban J connectivity index is 1.75. The second kappa shape index (κ2) is 8.43. The van der Waals surface area contributed by atoms with Crippen molar-refractivity contribution < 1.29 is 4.79 Å². The molecular weight excluding hydrogens is 358 g/mol. The zero-order chi connectivity index (χ0) is 19.4. The largest absolute Gasteiger partial charge is 0.347 e. The molecule has 0 saturated carbocycles. The van der Waals surface area contributed by atoms with E-state index in [-0.39, 0.29) is 17.9 Å². The molecule has 0 fully saturated rings. The van der Waals surface area contributed by atoms with Gasteiger partial charge in [0.05, 0.1) is 24.2 Å². The van der Waals surface area contributed by atoms with E-state index in [1.54, 1.807) is 22.2 Å². The van der Waals surface area contributed by atoms with Crippen molar-refractivity contribution in [3.05, 3.63) is 63.6 Å². The van der Waals surface area contributed by atoms with Gasteiger partial charge in [0.25, 0.3) is 0 Å². The maximum atomic E-state index is 12.9. The summed E-state index contributed by atoms with van der Waals surface area (Å²) in [6.45, 7) is 8.21. The highest BCUT2D eigenvalue weighted by molar-refractivity contribution is 7.07. The maximum Gasteiger partial charge on any atom is 0.225 e. The van der Waals surface area contributed by atoms with Crippen molar-refractivity contribution >= 4 is 17.2 Å². The first-order valence-corrected chi connectivity index (χ1v) is 9.99. The van der Waals surface area contributed by atoms with Crippen LogP contribution in [0.5, 0.6) is 0 Å². The molecule has 0 aliphatic heterocycles. The molecule has 0 unspecified atom stereocenters. The van der Waals surface area contributed by atoms with Gasteiger partial charge in [0.1, 0.15) is 11.6 Å². The number of nitrogens with zero attached hydrogens (tertiary/aromatic N) is 4. The number of rotatable bonds is 7. The summed E-state index contributed by atoms with van der Waals surface area (Å²) >= 11 is 1.66. The van der Waals surface area contributed by atoms with Crippen LogP contribution in [0.15, 0.2) is 35.2 Å². The van der Waals surface area contributed by atoms with Crippen LogP contribution in [0.25, 0.3) is 0 Å². The quantitative estimate of drug-likeness (QED) is 0.679. The monoisotopic (exact) mass is 383 g/mol. The molecule has 0 saturated heterocycles. The Morgan fingerprint density at radius 3 is 2.74 bits per heavy atom. The van der Waals surface area contributed by atoms with Gasteiger partial charge in [0, 0.05) is 6.20 Å². The Kier molecular flexibility index (Phi) is 6.01. The number of pyridine rings is 1. The number of aryl methyl sites for hydroxylation is 3. The van der Waals surface area contributed by atoms with Gasteiger partial charge in [0.15, 0.2) is 0 Å². The molecule has 0 radical (unpaired) electrons. The minimum atomic E-state index is -0.223. The first-order valence-electron chi connectivity index (χ1n) is 9.05. The van der Waals surface area contributed by atoms with E-state index in [1.165, 1.54) is 5.56 Å². The van der Waals surface area contributed by atoms with Crippen LogP contribution in [-0.2, 0) is 17.8 Å². The highest BCUT2D eigenvalue weighted by Crippen LogP contribution is 2.22. The van der Waals surface area contributed by atoms with Gasteiger partial charge in [-0.25, -0.2) is 9.67 Å². The molecule has 3 heterocycles. The molecule has 0 bridgehead atoms. The first kappa shape index (κ1) is 19.2. The van der Waals surface area contributed by atoms with Crippen molar-refractivity contribution in [3.63, 3.8) is 0 Å². The van der Waals surface area contributed by atoms with E-state index >= 15 is 0 Å². The third-order valence-electron chi connectivity index (χ3n) is 4.57. The summed E-state index contributed by atoms with van der Waals surface area (Å²) in [6, 6.07) is 5.88. The fourth-order valence-electron chi connectivity index (χ4n) is 3.11. The zero-order valence-corrected chi connectivity index (χ0v) is 17.0. The second-order valence-corrected chi connectivity index (χ2v) is 7.67. The van der Waals surface area contributed by atoms with Crippen molar-refractivity contribution in [2.24, 2.45) is 5.92 Å². The summed E-state index contributed by atoms with van der Waals surface area (Å²) in [6.07, 6.45) is 2.50. The summed E-state index contributed by atoms with van der Waals surface area (Å²) in [7, 11) is 0. The highest BCUT2D eigenvalue weighted by Gasteiger charge is 2.23. The van der Waals surface area contributed by atoms with Crippen LogP contribution in [0.1, 0.15) is 41.4 Å². The van der Waals surface area contributed by atoms with E-state index in [9.17, 15) is 4.79 Å². The van der Waals surface area contributed by atoms with E-state index in [2.05, 4.69) is 37.2 Å². The van der Waals surface area contributed by atoms with Gasteiger partial charge in [-0.15, -0.1) is 0 Å². The molecule has 7 heteroatoms. The van der Waals surface area contributed by atoms with Crippen LogP contribution < -0.4 is 5.32 Å². The number of carbonyl (C=O) groups excluding carboxylic acids is 1. The van der Waals surface area contributed by atoms with Crippen molar-refractivity contribution in [2.75, 3.05) is 0 Å². The lowest BCUT2D eigenvalue weighted by molar-refractivity contribution is -0.125. The molecule has 0 aliphatic carbocycles. The molecule has 27 heavy (non-hydrogen) atoms.